The van der Waals surface area contributed by atoms with Crippen molar-refractivity contribution in [3.05, 3.63) is 103 Å². The Morgan fingerprint density at radius 3 is 1.43 bits per heavy atom. The number of benzene rings is 2. The molecule has 4 rings (SSSR count). The molecule has 0 spiro atoms. The van der Waals surface area contributed by atoms with Crippen molar-refractivity contribution in [3.63, 3.8) is 0 Å². The highest BCUT2D eigenvalue weighted by Crippen LogP contribution is 2.24. The van der Waals surface area contributed by atoms with Gasteiger partial charge in [-0.3, -0.25) is 9.59 Å². The average Bonchev–Trinajstić information content (AvgIpc) is 3.55. The molecule has 2 amide bonds. The summed E-state index contributed by atoms with van der Waals surface area (Å²) in [7, 11) is 0. The highest BCUT2D eigenvalue weighted by atomic mass is 32.1. The molecule has 4 aromatic rings. The molecule has 176 valence electrons. The highest BCUT2D eigenvalue weighted by molar-refractivity contribution is 7.12. The molecule has 2 N–H and O–H groups in total. The van der Waals surface area contributed by atoms with Crippen LogP contribution in [0.15, 0.2) is 71.4 Å². The highest BCUT2D eigenvalue weighted by Gasteiger charge is 2.14. The molecule has 2 aromatic carbocycles. The Morgan fingerprint density at radius 1 is 0.657 bits per heavy atom. The Balaban J connectivity index is 1.56. The number of nitrogens with one attached hydrogen (secondary N) is 2. The first-order valence-electron chi connectivity index (χ1n) is 10.2. The Hall–Kier alpha value is -4.28. The van der Waals surface area contributed by atoms with Gasteiger partial charge in [0.2, 0.25) is 0 Å². The molecule has 0 atom stereocenters. The maximum Gasteiger partial charge on any atom is 0.265 e. The van der Waals surface area contributed by atoms with Gasteiger partial charge in [0.1, 0.15) is 0 Å². The van der Waals surface area contributed by atoms with Crippen molar-refractivity contribution in [1.82, 2.24) is 0 Å². The van der Waals surface area contributed by atoms with E-state index in [0.717, 1.165) is 0 Å². The van der Waals surface area contributed by atoms with E-state index in [2.05, 4.69) is 10.6 Å². The van der Waals surface area contributed by atoms with Gasteiger partial charge in [-0.15, -0.1) is 22.7 Å². The zero-order valence-corrected chi connectivity index (χ0v) is 19.5. The minimum absolute atomic E-state index is 0.0919. The zero-order chi connectivity index (χ0) is 24.9. The smallest absolute Gasteiger partial charge is 0.265 e. The number of carbonyl (C=O) groups excluding carboxylic acids is 4. The van der Waals surface area contributed by atoms with Crippen LogP contribution in [0.5, 0.6) is 0 Å². The van der Waals surface area contributed by atoms with Crippen LogP contribution in [-0.4, -0.2) is 23.8 Å². The molecule has 35 heavy (non-hydrogen) atoms. The fourth-order valence-corrected chi connectivity index (χ4v) is 4.62. The van der Waals surface area contributed by atoms with E-state index in [1.165, 1.54) is 46.9 Å². The molecule has 8 nitrogen and oxygen atoms in total. The summed E-state index contributed by atoms with van der Waals surface area (Å²) >= 11 is 2.45. The molecule has 10 heteroatoms. The summed E-state index contributed by atoms with van der Waals surface area (Å²) in [6, 6.07) is 15.6. The number of aromatic carboxylic acids is 2. The predicted octanol–water partition coefficient (Wildman–Crippen LogP) is 2.63. The van der Waals surface area contributed by atoms with Gasteiger partial charge in [0.25, 0.3) is 11.8 Å². The lowest BCUT2D eigenvalue weighted by Crippen LogP contribution is -2.25. The van der Waals surface area contributed by atoms with Gasteiger partial charge in [-0.25, -0.2) is 0 Å². The largest absolute Gasteiger partial charge is 0.545 e. The number of carboxylic acids is 2. The van der Waals surface area contributed by atoms with Crippen molar-refractivity contribution >= 4 is 57.8 Å². The summed E-state index contributed by atoms with van der Waals surface area (Å²) in [5.41, 5.74) is 0.888. The second kappa shape index (κ2) is 10.3. The summed E-state index contributed by atoms with van der Waals surface area (Å²) in [6.07, 6.45) is 0.193. The third-order valence-corrected chi connectivity index (χ3v) is 6.74. The van der Waals surface area contributed by atoms with Crippen LogP contribution >= 0.6 is 22.7 Å². The van der Waals surface area contributed by atoms with Gasteiger partial charge in [-0.1, -0.05) is 24.3 Å². The third-order valence-electron chi connectivity index (χ3n) is 5.00. The molecule has 2 heterocycles. The van der Waals surface area contributed by atoms with E-state index in [-0.39, 0.29) is 28.9 Å². The normalized spacial score (nSPS) is 10.5. The number of carboxylic acid groups (broad SMARTS) is 2. The second-order valence-electron chi connectivity index (χ2n) is 7.37. The molecule has 0 aliphatic carbocycles. The summed E-state index contributed by atoms with van der Waals surface area (Å²) in [5.74, 6) is -3.80. The van der Waals surface area contributed by atoms with Crippen LogP contribution in [0.3, 0.4) is 0 Å². The van der Waals surface area contributed by atoms with Crippen LogP contribution < -0.4 is 20.8 Å². The molecular formula is C25H16N2O6S2-2. The van der Waals surface area contributed by atoms with Crippen molar-refractivity contribution in [3.8, 4) is 0 Å². The quantitative estimate of drug-likeness (QED) is 0.378. The van der Waals surface area contributed by atoms with E-state index in [1.807, 2.05) is 0 Å². The number of anilines is 2. The van der Waals surface area contributed by atoms with E-state index >= 15 is 0 Å². The predicted molar refractivity (Wildman–Crippen MR) is 129 cm³/mol. The van der Waals surface area contributed by atoms with E-state index in [4.69, 9.17) is 0 Å². The second-order valence-corrected chi connectivity index (χ2v) is 9.27. The van der Waals surface area contributed by atoms with E-state index in [0.29, 0.717) is 20.9 Å². The average molecular weight is 505 g/mol. The van der Waals surface area contributed by atoms with Crippen LogP contribution in [0.1, 0.15) is 51.2 Å². The maximum atomic E-state index is 12.3. The molecule has 0 radical (unpaired) electrons. The summed E-state index contributed by atoms with van der Waals surface area (Å²) in [6.45, 7) is 0. The number of amides is 2. The fourth-order valence-electron chi connectivity index (χ4n) is 3.38. The first-order chi connectivity index (χ1) is 16.8. The minimum atomic E-state index is -1.46. The van der Waals surface area contributed by atoms with Gasteiger partial charge < -0.3 is 30.4 Å². The SMILES string of the molecule is O=C(Nc1ccc(Cc2ccc(NC(=O)c3cccs3)c(C(=O)[O-])c2)cc1C(=O)[O-])c1cccs1. The van der Waals surface area contributed by atoms with Gasteiger partial charge in [0.05, 0.1) is 33.1 Å². The molecule has 0 fully saturated rings. The molecule has 2 aromatic heterocycles. The summed E-state index contributed by atoms with van der Waals surface area (Å²) in [5, 5.41) is 32.0. The maximum absolute atomic E-state index is 12.3. The van der Waals surface area contributed by atoms with Crippen LogP contribution in [0.25, 0.3) is 0 Å². The van der Waals surface area contributed by atoms with Crippen molar-refractivity contribution in [1.29, 1.82) is 0 Å². The standard InChI is InChI=1S/C25H18N2O6S2/c28-22(20-3-1-9-34-20)26-18-7-5-14(12-16(18)24(30)31)11-15-6-8-19(17(13-15)25(32)33)27-23(29)21-4-2-10-35-21/h1-10,12-13H,11H2,(H,26,28)(H,27,29)(H,30,31)(H,32,33)/p-2. The Kier molecular flexibility index (Phi) is 7.04. The van der Waals surface area contributed by atoms with Gasteiger partial charge in [-0.2, -0.15) is 0 Å². The van der Waals surface area contributed by atoms with Crippen molar-refractivity contribution < 1.29 is 29.4 Å². The van der Waals surface area contributed by atoms with Crippen LogP contribution in [0, 0.1) is 0 Å². The van der Waals surface area contributed by atoms with Gasteiger partial charge in [-0.05, 0) is 64.7 Å². The first-order valence-corrected chi connectivity index (χ1v) is 12.0. The Labute approximate surface area is 207 Å². The Bertz CT molecular complexity index is 1300. The van der Waals surface area contributed by atoms with Crippen molar-refractivity contribution in [2.45, 2.75) is 6.42 Å². The monoisotopic (exact) mass is 504 g/mol. The zero-order valence-electron chi connectivity index (χ0n) is 17.9. The number of carbonyl (C=O) groups is 4. The number of hydrogen-bond acceptors (Lipinski definition) is 8. The molecule has 0 saturated heterocycles. The Morgan fingerprint density at radius 2 is 1.09 bits per heavy atom. The summed E-state index contributed by atoms with van der Waals surface area (Å²) in [4.78, 5) is 48.9. The van der Waals surface area contributed by atoms with E-state index < -0.39 is 23.8 Å². The molecule has 0 bridgehead atoms. The summed E-state index contributed by atoms with van der Waals surface area (Å²) < 4.78 is 0. The minimum Gasteiger partial charge on any atom is -0.545 e. The van der Waals surface area contributed by atoms with E-state index in [1.54, 1.807) is 47.2 Å². The first kappa shape index (κ1) is 23.9. The molecule has 0 unspecified atom stereocenters. The fraction of sp³-hybridized carbons (Fsp3) is 0.0400. The van der Waals surface area contributed by atoms with Crippen LogP contribution in [-0.2, 0) is 6.42 Å². The molecule has 0 saturated carbocycles. The number of rotatable bonds is 8. The third kappa shape index (κ3) is 5.62. The van der Waals surface area contributed by atoms with Gasteiger partial charge in [0.15, 0.2) is 0 Å². The number of hydrogen-bond donors (Lipinski definition) is 2. The van der Waals surface area contributed by atoms with Crippen molar-refractivity contribution in [2.75, 3.05) is 10.6 Å². The van der Waals surface area contributed by atoms with Gasteiger partial charge >= 0.3 is 0 Å². The van der Waals surface area contributed by atoms with E-state index in [9.17, 15) is 29.4 Å². The molecule has 0 aliphatic heterocycles. The van der Waals surface area contributed by atoms with Crippen LogP contribution in [0.4, 0.5) is 11.4 Å². The topological polar surface area (TPSA) is 138 Å². The lowest BCUT2D eigenvalue weighted by molar-refractivity contribution is -0.256. The molecular weight excluding hydrogens is 488 g/mol. The van der Waals surface area contributed by atoms with Crippen molar-refractivity contribution in [2.24, 2.45) is 0 Å². The molecule has 0 aliphatic rings. The van der Waals surface area contributed by atoms with Gasteiger partial charge in [0, 0.05) is 11.1 Å². The lowest BCUT2D eigenvalue weighted by atomic mass is 9.99. The van der Waals surface area contributed by atoms with Crippen LogP contribution in [0.2, 0.25) is 0 Å². The lowest BCUT2D eigenvalue weighted by Gasteiger charge is -2.15. The number of thiophene rings is 2.